The molecule has 3 N–H and O–H groups in total. The lowest BCUT2D eigenvalue weighted by molar-refractivity contribution is 0.475. The van der Waals surface area contributed by atoms with Crippen LogP contribution >= 0.6 is 0 Å². The Kier molecular flexibility index (Phi) is 2.68. The number of hydrogen-bond acceptors (Lipinski definition) is 4. The molecule has 5 nitrogen and oxygen atoms in total. The molecule has 1 atom stereocenters. The maximum Gasteiger partial charge on any atom is 0.160 e. The molecule has 106 valence electrons. The van der Waals surface area contributed by atoms with E-state index in [-0.39, 0.29) is 5.75 Å². The van der Waals surface area contributed by atoms with Crippen LogP contribution in [0.15, 0.2) is 30.3 Å². The van der Waals surface area contributed by atoms with Crippen LogP contribution in [0.2, 0.25) is 0 Å². The standard InChI is InChI=1S/C16H16N4O/c1-9-15-12-8-14(10-3-2-4-11(21)7-10)19-20-16(12)18-13(15)5-6-17-9/h2-4,7-9,17,21H,5-6H2,1H3,(H,18,20). The van der Waals surface area contributed by atoms with Crippen LogP contribution in [-0.4, -0.2) is 26.8 Å². The summed E-state index contributed by atoms with van der Waals surface area (Å²) < 4.78 is 0. The maximum atomic E-state index is 9.62. The van der Waals surface area contributed by atoms with Crippen molar-refractivity contribution in [1.82, 2.24) is 20.5 Å². The fraction of sp³-hybridized carbons (Fsp3) is 0.250. The molecule has 0 radical (unpaired) electrons. The minimum absolute atomic E-state index is 0.237. The number of fused-ring (bicyclic) bond motifs is 3. The van der Waals surface area contributed by atoms with E-state index in [1.165, 1.54) is 11.3 Å². The number of nitrogens with zero attached hydrogens (tertiary/aromatic N) is 2. The zero-order valence-electron chi connectivity index (χ0n) is 11.7. The molecule has 1 aliphatic rings. The average molecular weight is 280 g/mol. The van der Waals surface area contributed by atoms with E-state index in [4.69, 9.17) is 0 Å². The minimum atomic E-state index is 0.237. The average Bonchev–Trinajstić information content (AvgIpc) is 2.86. The highest BCUT2D eigenvalue weighted by molar-refractivity contribution is 5.85. The molecule has 0 amide bonds. The van der Waals surface area contributed by atoms with Gasteiger partial charge in [-0.05, 0) is 30.7 Å². The van der Waals surface area contributed by atoms with Gasteiger partial charge in [-0.25, -0.2) is 0 Å². The Hall–Kier alpha value is -2.40. The van der Waals surface area contributed by atoms with Gasteiger partial charge in [0.05, 0.1) is 5.69 Å². The van der Waals surface area contributed by atoms with Crippen molar-refractivity contribution in [2.24, 2.45) is 0 Å². The summed E-state index contributed by atoms with van der Waals surface area (Å²) in [5.74, 6) is 0.237. The summed E-state index contributed by atoms with van der Waals surface area (Å²) in [5, 5.41) is 22.8. The Labute approximate surface area is 122 Å². The van der Waals surface area contributed by atoms with Gasteiger partial charge in [0.15, 0.2) is 5.65 Å². The number of aromatic amines is 1. The number of nitrogens with one attached hydrogen (secondary N) is 2. The van der Waals surface area contributed by atoms with Crippen molar-refractivity contribution < 1.29 is 5.11 Å². The van der Waals surface area contributed by atoms with Gasteiger partial charge in [-0.1, -0.05) is 12.1 Å². The van der Waals surface area contributed by atoms with Crippen LogP contribution in [0.3, 0.4) is 0 Å². The van der Waals surface area contributed by atoms with Crippen LogP contribution in [0.25, 0.3) is 22.3 Å². The lowest BCUT2D eigenvalue weighted by Crippen LogP contribution is -2.27. The van der Waals surface area contributed by atoms with Crippen LogP contribution in [0, 0.1) is 0 Å². The molecule has 0 saturated carbocycles. The van der Waals surface area contributed by atoms with Crippen LogP contribution < -0.4 is 5.32 Å². The Morgan fingerprint density at radius 1 is 1.24 bits per heavy atom. The van der Waals surface area contributed by atoms with Crippen LogP contribution in [0.1, 0.15) is 24.2 Å². The molecule has 0 spiro atoms. The van der Waals surface area contributed by atoms with Crippen molar-refractivity contribution in [1.29, 1.82) is 0 Å². The topological polar surface area (TPSA) is 73.8 Å². The first-order chi connectivity index (χ1) is 10.2. The highest BCUT2D eigenvalue weighted by Gasteiger charge is 2.22. The maximum absolute atomic E-state index is 9.62. The zero-order chi connectivity index (χ0) is 14.4. The molecule has 1 aromatic carbocycles. The first kappa shape index (κ1) is 12.3. The highest BCUT2D eigenvalue weighted by Crippen LogP contribution is 2.32. The summed E-state index contributed by atoms with van der Waals surface area (Å²) >= 11 is 0. The van der Waals surface area contributed by atoms with Crippen molar-refractivity contribution in [3.63, 3.8) is 0 Å². The number of aromatic hydroxyl groups is 1. The lowest BCUT2D eigenvalue weighted by Gasteiger charge is -2.20. The lowest BCUT2D eigenvalue weighted by atomic mass is 9.99. The van der Waals surface area contributed by atoms with Gasteiger partial charge in [-0.15, -0.1) is 10.2 Å². The van der Waals surface area contributed by atoms with Gasteiger partial charge in [0.2, 0.25) is 0 Å². The fourth-order valence-electron chi connectivity index (χ4n) is 3.08. The first-order valence-corrected chi connectivity index (χ1v) is 7.13. The monoisotopic (exact) mass is 280 g/mol. The highest BCUT2D eigenvalue weighted by atomic mass is 16.3. The number of rotatable bonds is 1. The molecule has 0 fully saturated rings. The largest absolute Gasteiger partial charge is 0.508 e. The number of H-pyrrole nitrogens is 1. The quantitative estimate of drug-likeness (QED) is 0.640. The van der Waals surface area contributed by atoms with Gasteiger partial charge < -0.3 is 15.4 Å². The smallest absolute Gasteiger partial charge is 0.160 e. The van der Waals surface area contributed by atoms with E-state index in [1.807, 2.05) is 12.1 Å². The van der Waals surface area contributed by atoms with Crippen molar-refractivity contribution in [3.8, 4) is 17.0 Å². The number of aromatic nitrogens is 3. The number of phenolic OH excluding ortho intramolecular Hbond substituents is 1. The molecule has 3 heterocycles. The summed E-state index contributed by atoms with van der Waals surface area (Å²) in [4.78, 5) is 3.37. The van der Waals surface area contributed by atoms with Gasteiger partial charge in [0.25, 0.3) is 0 Å². The summed E-state index contributed by atoms with van der Waals surface area (Å²) in [6.07, 6.45) is 0.984. The van der Waals surface area contributed by atoms with E-state index >= 15 is 0 Å². The molecule has 0 aliphatic carbocycles. The predicted octanol–water partition coefficient (Wildman–Crippen LogP) is 2.54. The van der Waals surface area contributed by atoms with Crippen LogP contribution in [-0.2, 0) is 6.42 Å². The van der Waals surface area contributed by atoms with Crippen LogP contribution in [0.5, 0.6) is 5.75 Å². The van der Waals surface area contributed by atoms with Gasteiger partial charge >= 0.3 is 0 Å². The number of hydrogen-bond donors (Lipinski definition) is 3. The summed E-state index contributed by atoms with van der Waals surface area (Å²) in [7, 11) is 0. The Morgan fingerprint density at radius 2 is 2.14 bits per heavy atom. The van der Waals surface area contributed by atoms with Crippen molar-refractivity contribution in [2.45, 2.75) is 19.4 Å². The predicted molar refractivity (Wildman–Crippen MR) is 81.1 cm³/mol. The number of phenols is 1. The molecule has 0 bridgehead atoms. The second kappa shape index (κ2) is 4.56. The third-order valence-corrected chi connectivity index (χ3v) is 4.08. The third kappa shape index (κ3) is 1.97. The third-order valence-electron chi connectivity index (χ3n) is 4.08. The van der Waals surface area contributed by atoms with E-state index in [0.29, 0.717) is 6.04 Å². The second-order valence-corrected chi connectivity index (χ2v) is 5.49. The SMILES string of the molecule is CC1NCCc2[nH]c3nnc(-c4cccc(O)c4)cc3c21. The molecule has 1 unspecified atom stereocenters. The van der Waals surface area contributed by atoms with E-state index in [9.17, 15) is 5.11 Å². The molecule has 2 aromatic heterocycles. The Bertz CT molecular complexity index is 824. The summed E-state index contributed by atoms with van der Waals surface area (Å²) in [5.41, 5.74) is 5.01. The number of benzene rings is 1. The van der Waals surface area contributed by atoms with E-state index in [1.54, 1.807) is 12.1 Å². The molecule has 5 heteroatoms. The summed E-state index contributed by atoms with van der Waals surface area (Å²) in [6, 6.07) is 9.46. The molecular weight excluding hydrogens is 264 g/mol. The summed E-state index contributed by atoms with van der Waals surface area (Å²) in [6.45, 7) is 3.15. The zero-order valence-corrected chi connectivity index (χ0v) is 11.7. The van der Waals surface area contributed by atoms with Gasteiger partial charge in [-0.3, -0.25) is 0 Å². The van der Waals surface area contributed by atoms with Gasteiger partial charge in [0.1, 0.15) is 5.75 Å². The van der Waals surface area contributed by atoms with Crippen molar-refractivity contribution in [2.75, 3.05) is 6.54 Å². The molecule has 1 aliphatic heterocycles. The normalized spacial score (nSPS) is 17.9. The van der Waals surface area contributed by atoms with E-state index < -0.39 is 0 Å². The van der Waals surface area contributed by atoms with E-state index in [0.717, 1.165) is 35.3 Å². The second-order valence-electron chi connectivity index (χ2n) is 5.49. The molecule has 21 heavy (non-hydrogen) atoms. The first-order valence-electron chi connectivity index (χ1n) is 7.13. The van der Waals surface area contributed by atoms with Gasteiger partial charge in [-0.2, -0.15) is 0 Å². The van der Waals surface area contributed by atoms with Gasteiger partial charge in [0, 0.05) is 35.7 Å². The minimum Gasteiger partial charge on any atom is -0.508 e. The Balaban J connectivity index is 1.91. The fourth-order valence-corrected chi connectivity index (χ4v) is 3.08. The molecule has 0 saturated heterocycles. The van der Waals surface area contributed by atoms with E-state index in [2.05, 4.69) is 33.5 Å². The van der Waals surface area contributed by atoms with Crippen molar-refractivity contribution >= 4 is 11.0 Å². The Morgan fingerprint density at radius 3 is 3.00 bits per heavy atom. The molecule has 4 rings (SSSR count). The molecule has 3 aromatic rings. The molecular formula is C16H16N4O. The van der Waals surface area contributed by atoms with Crippen LogP contribution in [0.4, 0.5) is 0 Å². The van der Waals surface area contributed by atoms with Crippen molar-refractivity contribution in [3.05, 3.63) is 41.6 Å².